The molecule has 1 aliphatic rings. The molecule has 0 bridgehead atoms. The molecule has 4 nitrogen and oxygen atoms in total. The minimum absolute atomic E-state index is 0.285. The van der Waals surface area contributed by atoms with E-state index in [0.29, 0.717) is 13.2 Å². The quantitative estimate of drug-likeness (QED) is 0.704. The summed E-state index contributed by atoms with van der Waals surface area (Å²) < 4.78 is 11.1. The molecule has 0 atom stereocenters. The molecule has 2 aromatic carbocycles. The summed E-state index contributed by atoms with van der Waals surface area (Å²) in [5.74, 6) is 1.56. The van der Waals surface area contributed by atoms with Crippen LogP contribution in [0, 0.1) is 0 Å². The fraction of sp³-hybridized carbons (Fsp3) is 0.409. The Morgan fingerprint density at radius 1 is 1.04 bits per heavy atom. The van der Waals surface area contributed by atoms with Gasteiger partial charge in [0.05, 0.1) is 6.54 Å². The van der Waals surface area contributed by atoms with Crippen molar-refractivity contribution in [2.45, 2.75) is 38.2 Å². The number of carbonyl (C=O) groups excluding carboxylic acids is 1. The third kappa shape index (κ3) is 5.25. The monoisotopic (exact) mass is 353 g/mol. The van der Waals surface area contributed by atoms with Crippen LogP contribution in [0.15, 0.2) is 54.6 Å². The second-order valence-electron chi connectivity index (χ2n) is 6.86. The number of hydrogen-bond acceptors (Lipinski definition) is 3. The molecule has 138 valence electrons. The molecule has 3 rings (SSSR count). The fourth-order valence-corrected chi connectivity index (χ4v) is 3.32. The first-order valence-electron chi connectivity index (χ1n) is 9.37. The first kappa shape index (κ1) is 18.3. The highest BCUT2D eigenvalue weighted by molar-refractivity contribution is 5.67. The summed E-state index contributed by atoms with van der Waals surface area (Å²) in [5, 5.41) is 0. The molecule has 2 aromatic rings. The van der Waals surface area contributed by atoms with Gasteiger partial charge >= 0.3 is 6.09 Å². The van der Waals surface area contributed by atoms with E-state index in [9.17, 15) is 4.79 Å². The van der Waals surface area contributed by atoms with Gasteiger partial charge in [-0.1, -0.05) is 55.3 Å². The van der Waals surface area contributed by atoms with E-state index in [4.69, 9.17) is 9.47 Å². The number of ether oxygens (including phenoxy) is 2. The number of amides is 1. The van der Waals surface area contributed by atoms with Crippen LogP contribution in [0.25, 0.3) is 0 Å². The van der Waals surface area contributed by atoms with Crippen LogP contribution >= 0.6 is 0 Å². The van der Waals surface area contributed by atoms with E-state index in [1.807, 2.05) is 42.5 Å². The van der Waals surface area contributed by atoms with Crippen LogP contribution in [0.4, 0.5) is 4.79 Å². The average molecular weight is 353 g/mol. The zero-order valence-corrected chi connectivity index (χ0v) is 15.4. The SMILES string of the molecule is CN(CCOc1ccc(C2CCCC2)cc1)C(=O)OCc1ccccc1. The van der Waals surface area contributed by atoms with Gasteiger partial charge < -0.3 is 14.4 Å². The zero-order valence-electron chi connectivity index (χ0n) is 15.4. The minimum Gasteiger partial charge on any atom is -0.492 e. The van der Waals surface area contributed by atoms with Crippen molar-refractivity contribution >= 4 is 6.09 Å². The molecule has 0 saturated heterocycles. The van der Waals surface area contributed by atoms with Crippen molar-refractivity contribution in [2.75, 3.05) is 20.2 Å². The Balaban J connectivity index is 1.37. The predicted octanol–water partition coefficient (Wildman–Crippen LogP) is 4.99. The highest BCUT2D eigenvalue weighted by Gasteiger charge is 2.16. The Kier molecular flexibility index (Phi) is 6.53. The summed E-state index contributed by atoms with van der Waals surface area (Å²) in [5.41, 5.74) is 2.39. The van der Waals surface area contributed by atoms with Gasteiger partial charge in [-0.3, -0.25) is 0 Å². The van der Waals surface area contributed by atoms with Crippen molar-refractivity contribution in [1.29, 1.82) is 0 Å². The van der Waals surface area contributed by atoms with E-state index in [0.717, 1.165) is 17.2 Å². The summed E-state index contributed by atoms with van der Waals surface area (Å²) in [4.78, 5) is 13.5. The maximum atomic E-state index is 12.0. The molecular weight excluding hydrogens is 326 g/mol. The molecule has 0 aromatic heterocycles. The lowest BCUT2D eigenvalue weighted by molar-refractivity contribution is 0.0994. The highest BCUT2D eigenvalue weighted by Crippen LogP contribution is 2.34. The number of nitrogens with zero attached hydrogens (tertiary/aromatic N) is 1. The van der Waals surface area contributed by atoms with Crippen molar-refractivity contribution in [2.24, 2.45) is 0 Å². The highest BCUT2D eigenvalue weighted by atomic mass is 16.6. The van der Waals surface area contributed by atoms with Gasteiger partial charge in [-0.25, -0.2) is 4.79 Å². The molecule has 26 heavy (non-hydrogen) atoms. The zero-order chi connectivity index (χ0) is 18.2. The molecule has 1 saturated carbocycles. The predicted molar refractivity (Wildman–Crippen MR) is 102 cm³/mol. The van der Waals surface area contributed by atoms with Crippen LogP contribution in [0.3, 0.4) is 0 Å². The Hall–Kier alpha value is -2.49. The van der Waals surface area contributed by atoms with Crippen LogP contribution in [0.5, 0.6) is 5.75 Å². The topological polar surface area (TPSA) is 38.8 Å². The largest absolute Gasteiger partial charge is 0.492 e. The van der Waals surface area contributed by atoms with Crippen molar-refractivity contribution in [3.05, 3.63) is 65.7 Å². The van der Waals surface area contributed by atoms with E-state index >= 15 is 0 Å². The molecule has 1 fully saturated rings. The van der Waals surface area contributed by atoms with Gasteiger partial charge in [0.2, 0.25) is 0 Å². The molecule has 4 heteroatoms. The lowest BCUT2D eigenvalue weighted by atomic mass is 9.98. The van der Waals surface area contributed by atoms with Gasteiger partial charge in [0.15, 0.2) is 0 Å². The molecule has 0 spiro atoms. The third-order valence-corrected chi connectivity index (χ3v) is 4.92. The maximum Gasteiger partial charge on any atom is 0.409 e. The number of likely N-dealkylation sites (N-methyl/N-ethyl adjacent to an activating group) is 1. The van der Waals surface area contributed by atoms with Crippen molar-refractivity contribution in [3.8, 4) is 5.75 Å². The lowest BCUT2D eigenvalue weighted by Crippen LogP contribution is -2.31. The fourth-order valence-electron chi connectivity index (χ4n) is 3.32. The Morgan fingerprint density at radius 3 is 2.42 bits per heavy atom. The van der Waals surface area contributed by atoms with Gasteiger partial charge in [-0.2, -0.15) is 0 Å². The van der Waals surface area contributed by atoms with Gasteiger partial charge in [0.1, 0.15) is 19.0 Å². The van der Waals surface area contributed by atoms with Gasteiger partial charge in [0.25, 0.3) is 0 Å². The summed E-state index contributed by atoms with van der Waals surface area (Å²) in [6.45, 7) is 1.21. The molecule has 1 aliphatic carbocycles. The Morgan fingerprint density at radius 2 is 1.73 bits per heavy atom. The summed E-state index contributed by atoms with van der Waals surface area (Å²) in [6, 6.07) is 18.1. The molecule has 0 aliphatic heterocycles. The van der Waals surface area contributed by atoms with E-state index in [1.54, 1.807) is 7.05 Å². The Bertz CT molecular complexity index is 678. The number of hydrogen-bond donors (Lipinski definition) is 0. The van der Waals surface area contributed by atoms with Crippen LogP contribution in [-0.2, 0) is 11.3 Å². The van der Waals surface area contributed by atoms with Gasteiger partial charge in [-0.05, 0) is 42.0 Å². The number of rotatable bonds is 7. The first-order valence-corrected chi connectivity index (χ1v) is 9.37. The third-order valence-electron chi connectivity index (χ3n) is 4.92. The Labute approximate surface area is 155 Å². The standard InChI is InChI=1S/C22H27NO3/c1-23(22(24)26-17-18-7-3-2-4-8-18)15-16-25-21-13-11-20(12-14-21)19-9-5-6-10-19/h2-4,7-8,11-14,19H,5-6,9-10,15-17H2,1H3. The van der Waals surface area contributed by atoms with Gasteiger partial charge in [0, 0.05) is 7.05 Å². The van der Waals surface area contributed by atoms with Crippen LogP contribution in [0.1, 0.15) is 42.7 Å². The van der Waals surface area contributed by atoms with E-state index in [1.165, 1.54) is 36.1 Å². The second-order valence-corrected chi connectivity index (χ2v) is 6.86. The van der Waals surface area contributed by atoms with Gasteiger partial charge in [-0.15, -0.1) is 0 Å². The van der Waals surface area contributed by atoms with Crippen LogP contribution < -0.4 is 4.74 Å². The average Bonchev–Trinajstić information content (AvgIpc) is 3.22. The minimum atomic E-state index is -0.339. The van der Waals surface area contributed by atoms with Crippen LogP contribution in [0.2, 0.25) is 0 Å². The molecule has 0 N–H and O–H groups in total. The van der Waals surface area contributed by atoms with E-state index in [-0.39, 0.29) is 12.7 Å². The van der Waals surface area contributed by atoms with E-state index in [2.05, 4.69) is 12.1 Å². The number of benzene rings is 2. The summed E-state index contributed by atoms with van der Waals surface area (Å²) in [6.07, 6.45) is 4.95. The molecule has 0 unspecified atom stereocenters. The smallest absolute Gasteiger partial charge is 0.409 e. The normalized spacial score (nSPS) is 14.2. The van der Waals surface area contributed by atoms with Crippen molar-refractivity contribution in [3.63, 3.8) is 0 Å². The molecule has 0 heterocycles. The van der Waals surface area contributed by atoms with Crippen LogP contribution in [-0.4, -0.2) is 31.2 Å². The molecule has 0 radical (unpaired) electrons. The number of carbonyl (C=O) groups is 1. The molecular formula is C22H27NO3. The lowest BCUT2D eigenvalue weighted by Gasteiger charge is -2.17. The summed E-state index contributed by atoms with van der Waals surface area (Å²) in [7, 11) is 1.72. The van der Waals surface area contributed by atoms with Crippen molar-refractivity contribution < 1.29 is 14.3 Å². The molecule has 1 amide bonds. The van der Waals surface area contributed by atoms with E-state index < -0.39 is 0 Å². The van der Waals surface area contributed by atoms with Crippen molar-refractivity contribution in [1.82, 2.24) is 4.90 Å². The second kappa shape index (κ2) is 9.27. The first-order chi connectivity index (χ1) is 12.7. The maximum absolute atomic E-state index is 12.0. The summed E-state index contributed by atoms with van der Waals surface area (Å²) >= 11 is 0.